The summed E-state index contributed by atoms with van der Waals surface area (Å²) in [5.74, 6) is 0.855. The van der Waals surface area contributed by atoms with Gasteiger partial charge in [-0.15, -0.1) is 0 Å². The molecule has 0 fully saturated rings. The van der Waals surface area contributed by atoms with Crippen molar-refractivity contribution in [2.45, 2.75) is 19.5 Å². The van der Waals surface area contributed by atoms with Crippen LogP contribution in [0.3, 0.4) is 0 Å². The smallest absolute Gasteiger partial charge is 0.275 e. The molecule has 0 aliphatic heterocycles. The number of quaternary nitrogens is 1. The maximum absolute atomic E-state index is 12.3. The van der Waals surface area contributed by atoms with Crippen LogP contribution in [0.15, 0.2) is 77.4 Å². The van der Waals surface area contributed by atoms with Crippen LogP contribution in [-0.2, 0) is 11.3 Å². The molecule has 25 heavy (non-hydrogen) atoms. The molecule has 2 aromatic carbocycles. The molecule has 1 atom stereocenters. The van der Waals surface area contributed by atoms with E-state index in [1.54, 1.807) is 6.26 Å². The highest BCUT2D eigenvalue weighted by Gasteiger charge is 2.21. The minimum atomic E-state index is -0.0274. The lowest BCUT2D eigenvalue weighted by Crippen LogP contribution is -2.87. The summed E-state index contributed by atoms with van der Waals surface area (Å²) in [7, 11) is 0. The molecule has 4 heteroatoms. The molecule has 3 aromatic rings. The second-order valence-electron chi connectivity index (χ2n) is 6.05. The monoisotopic (exact) mass is 335 g/mol. The summed E-state index contributed by atoms with van der Waals surface area (Å²) in [6.45, 7) is 2.94. The minimum absolute atomic E-state index is 0.00994. The largest absolute Gasteiger partial charge is 0.463 e. The van der Waals surface area contributed by atoms with Crippen LogP contribution in [0.25, 0.3) is 0 Å². The third-order valence-electron chi connectivity index (χ3n) is 4.28. The fourth-order valence-corrected chi connectivity index (χ4v) is 2.84. The number of furan rings is 1. The van der Waals surface area contributed by atoms with Gasteiger partial charge in [0.1, 0.15) is 0 Å². The summed E-state index contributed by atoms with van der Waals surface area (Å²) in [5.41, 5.74) is 3.44. The second kappa shape index (κ2) is 8.31. The molecule has 0 bridgehead atoms. The van der Waals surface area contributed by atoms with E-state index in [4.69, 9.17) is 4.42 Å². The zero-order chi connectivity index (χ0) is 17.5. The van der Waals surface area contributed by atoms with E-state index in [2.05, 4.69) is 30.4 Å². The lowest BCUT2D eigenvalue weighted by molar-refractivity contribution is -0.678. The molecule has 1 amide bonds. The van der Waals surface area contributed by atoms with E-state index in [9.17, 15) is 4.79 Å². The summed E-state index contributed by atoms with van der Waals surface area (Å²) >= 11 is 0. The van der Waals surface area contributed by atoms with Gasteiger partial charge in [0.05, 0.1) is 6.26 Å². The number of nitrogens with one attached hydrogen (secondary N) is 1. The molecule has 3 rings (SSSR count). The number of nitrogens with two attached hydrogens (primary N) is 1. The average Bonchev–Trinajstić information content (AvgIpc) is 3.16. The summed E-state index contributed by atoms with van der Waals surface area (Å²) in [6, 6.07) is 21.9. The van der Waals surface area contributed by atoms with Gasteiger partial charge < -0.3 is 15.1 Å². The number of carbonyl (C=O) groups is 1. The van der Waals surface area contributed by atoms with Gasteiger partial charge in [0.2, 0.25) is 0 Å². The highest BCUT2D eigenvalue weighted by atomic mass is 16.3. The molecule has 0 spiro atoms. The number of hydrogen-bond donors (Lipinski definition) is 2. The molecular weight excluding hydrogens is 312 g/mol. The van der Waals surface area contributed by atoms with E-state index in [0.717, 1.165) is 16.9 Å². The van der Waals surface area contributed by atoms with Crippen molar-refractivity contribution < 1.29 is 14.5 Å². The van der Waals surface area contributed by atoms with Gasteiger partial charge in [-0.3, -0.25) is 4.79 Å². The van der Waals surface area contributed by atoms with Crippen molar-refractivity contribution in [3.63, 3.8) is 0 Å². The minimum Gasteiger partial charge on any atom is -0.463 e. The Hall–Kier alpha value is -2.85. The van der Waals surface area contributed by atoms with Crippen molar-refractivity contribution >= 4 is 5.91 Å². The van der Waals surface area contributed by atoms with Crippen LogP contribution in [0.4, 0.5) is 0 Å². The van der Waals surface area contributed by atoms with Gasteiger partial charge in [-0.25, -0.2) is 0 Å². The van der Waals surface area contributed by atoms with Crippen molar-refractivity contribution in [1.82, 2.24) is 5.32 Å². The number of benzene rings is 2. The molecular formula is C21H23N2O2+. The number of carbonyl (C=O) groups excluding carboxylic acids is 1. The highest BCUT2D eigenvalue weighted by molar-refractivity contribution is 5.76. The fraction of sp³-hybridized carbons (Fsp3) is 0.190. The van der Waals surface area contributed by atoms with Crippen LogP contribution in [0.2, 0.25) is 0 Å². The first-order valence-corrected chi connectivity index (χ1v) is 8.47. The van der Waals surface area contributed by atoms with E-state index in [1.807, 2.05) is 53.8 Å². The Balaban J connectivity index is 1.60. The quantitative estimate of drug-likeness (QED) is 0.697. The number of hydrogen-bond acceptors (Lipinski definition) is 2. The van der Waals surface area contributed by atoms with E-state index in [1.165, 1.54) is 5.56 Å². The van der Waals surface area contributed by atoms with Gasteiger partial charge in [-0.1, -0.05) is 54.6 Å². The normalized spacial score (nSPS) is 11.9. The highest BCUT2D eigenvalue weighted by Crippen LogP contribution is 2.18. The topological polar surface area (TPSA) is 58.9 Å². The molecule has 0 unspecified atom stereocenters. The Morgan fingerprint density at radius 1 is 1.04 bits per heavy atom. The van der Waals surface area contributed by atoms with Crippen molar-refractivity contribution in [2.75, 3.05) is 6.54 Å². The van der Waals surface area contributed by atoms with Crippen molar-refractivity contribution in [1.29, 1.82) is 0 Å². The van der Waals surface area contributed by atoms with Crippen LogP contribution in [0, 0.1) is 6.92 Å². The van der Waals surface area contributed by atoms with Gasteiger partial charge in [-0.05, 0) is 30.2 Å². The Morgan fingerprint density at radius 3 is 2.52 bits per heavy atom. The predicted octanol–water partition coefficient (Wildman–Crippen LogP) is 2.56. The zero-order valence-electron chi connectivity index (χ0n) is 14.3. The SMILES string of the molecule is Cc1ccccc1CNC(=O)C[NH2+][C@@H](c1ccccc1)c1ccco1. The van der Waals surface area contributed by atoms with Crippen LogP contribution < -0.4 is 10.6 Å². The molecule has 128 valence electrons. The van der Waals surface area contributed by atoms with E-state index in [0.29, 0.717) is 13.1 Å². The van der Waals surface area contributed by atoms with Crippen molar-refractivity contribution in [3.05, 3.63) is 95.4 Å². The molecule has 1 heterocycles. The van der Waals surface area contributed by atoms with Gasteiger partial charge in [0.25, 0.3) is 5.91 Å². The van der Waals surface area contributed by atoms with Gasteiger partial charge in [-0.2, -0.15) is 0 Å². The van der Waals surface area contributed by atoms with E-state index >= 15 is 0 Å². The number of rotatable bonds is 7. The van der Waals surface area contributed by atoms with Gasteiger partial charge >= 0.3 is 0 Å². The van der Waals surface area contributed by atoms with Gasteiger partial charge in [0, 0.05) is 12.1 Å². The Labute approximate surface area is 147 Å². The first-order chi connectivity index (χ1) is 12.2. The fourth-order valence-electron chi connectivity index (χ4n) is 2.84. The van der Waals surface area contributed by atoms with Crippen molar-refractivity contribution in [2.24, 2.45) is 0 Å². The van der Waals surface area contributed by atoms with Crippen LogP contribution in [0.5, 0.6) is 0 Å². The molecule has 1 aromatic heterocycles. The molecule has 0 aliphatic rings. The summed E-state index contributed by atoms with van der Waals surface area (Å²) in [6.07, 6.45) is 1.66. The Morgan fingerprint density at radius 2 is 1.80 bits per heavy atom. The summed E-state index contributed by atoms with van der Waals surface area (Å²) in [4.78, 5) is 12.3. The third kappa shape index (κ3) is 4.58. The molecule has 3 N–H and O–H groups in total. The van der Waals surface area contributed by atoms with Crippen LogP contribution in [-0.4, -0.2) is 12.5 Å². The summed E-state index contributed by atoms with van der Waals surface area (Å²) < 4.78 is 5.56. The van der Waals surface area contributed by atoms with Crippen LogP contribution in [0.1, 0.15) is 28.5 Å². The molecule has 4 nitrogen and oxygen atoms in total. The maximum Gasteiger partial charge on any atom is 0.275 e. The molecule has 0 saturated heterocycles. The summed E-state index contributed by atoms with van der Waals surface area (Å²) in [5, 5.41) is 4.99. The average molecular weight is 335 g/mol. The van der Waals surface area contributed by atoms with Crippen molar-refractivity contribution in [3.8, 4) is 0 Å². The third-order valence-corrected chi connectivity index (χ3v) is 4.28. The van der Waals surface area contributed by atoms with Gasteiger partial charge in [0.15, 0.2) is 18.3 Å². The molecule has 0 saturated carbocycles. The Kier molecular flexibility index (Phi) is 5.65. The van der Waals surface area contributed by atoms with E-state index < -0.39 is 0 Å². The van der Waals surface area contributed by atoms with E-state index in [-0.39, 0.29) is 11.9 Å². The van der Waals surface area contributed by atoms with Crippen LogP contribution >= 0.6 is 0 Å². The predicted molar refractivity (Wildman–Crippen MR) is 96.8 cm³/mol. The lowest BCUT2D eigenvalue weighted by atomic mass is 10.0. The lowest BCUT2D eigenvalue weighted by Gasteiger charge is -2.14. The molecule has 0 radical (unpaired) electrons. The Bertz CT molecular complexity index is 798. The first-order valence-electron chi connectivity index (χ1n) is 8.47. The number of aryl methyl sites for hydroxylation is 1. The first kappa shape index (κ1) is 17.0. The maximum atomic E-state index is 12.3. The number of amides is 1. The standard InChI is InChI=1S/C21H22N2O2/c1-16-8-5-6-11-18(16)14-22-20(24)15-23-21(19-12-7-13-25-19)17-9-3-2-4-10-17/h2-13,21,23H,14-15H2,1H3,(H,22,24)/p+1/t21-/m0/s1. The molecule has 0 aliphatic carbocycles. The zero-order valence-corrected chi connectivity index (χ0v) is 14.3. The second-order valence-corrected chi connectivity index (χ2v) is 6.05.